The Balaban J connectivity index is 1.67. The van der Waals surface area contributed by atoms with Gasteiger partial charge in [0.1, 0.15) is 16.6 Å². The Morgan fingerprint density at radius 3 is 2.38 bits per heavy atom. The fourth-order valence-corrected chi connectivity index (χ4v) is 2.34. The average molecular weight is 363 g/mol. The molecule has 26 heavy (non-hydrogen) atoms. The number of nitriles is 1. The van der Waals surface area contributed by atoms with E-state index in [-0.39, 0.29) is 28.4 Å². The molecule has 7 nitrogen and oxygen atoms in total. The first kappa shape index (κ1) is 17.1. The van der Waals surface area contributed by atoms with Crippen LogP contribution < -0.4 is 16.1 Å². The van der Waals surface area contributed by atoms with Gasteiger partial charge in [0.05, 0.1) is 0 Å². The summed E-state index contributed by atoms with van der Waals surface area (Å²) in [5.74, 6) is -0.333. The van der Waals surface area contributed by atoms with Gasteiger partial charge in [-0.1, -0.05) is 48.6 Å². The van der Waals surface area contributed by atoms with Crippen LogP contribution in [0.5, 0.6) is 0 Å². The van der Waals surface area contributed by atoms with Crippen LogP contribution >= 0.6 is 12.2 Å². The van der Waals surface area contributed by atoms with E-state index in [9.17, 15) is 10.1 Å². The molecule has 0 saturated heterocycles. The van der Waals surface area contributed by atoms with E-state index in [0.29, 0.717) is 5.56 Å². The molecule has 1 amide bonds. The summed E-state index contributed by atoms with van der Waals surface area (Å²) in [6.07, 6.45) is 0. The van der Waals surface area contributed by atoms with E-state index in [1.807, 2.05) is 42.5 Å². The molecule has 1 aliphatic heterocycles. The third kappa shape index (κ3) is 4.03. The lowest BCUT2D eigenvalue weighted by Gasteiger charge is -2.09. The molecule has 0 radical (unpaired) electrons. The first-order valence-corrected chi connectivity index (χ1v) is 7.97. The number of carbonyl (C=O) groups excluding carboxylic acids is 1. The summed E-state index contributed by atoms with van der Waals surface area (Å²) in [6.45, 7) is 0. The third-order valence-electron chi connectivity index (χ3n) is 3.31. The molecule has 0 aromatic heterocycles. The fraction of sp³-hybridized carbons (Fsp3) is 0. The average Bonchev–Trinajstić information content (AvgIpc) is 3.12. The van der Waals surface area contributed by atoms with Crippen molar-refractivity contribution < 1.29 is 9.53 Å². The molecule has 0 saturated carbocycles. The standard InChI is InChI=1S/C18H13N5O2S/c19-11-14(17(26)20-13-9-5-2-6-10-13)16-22-23-18(25-16)21-15(24)12-7-3-1-4-8-12/h1-10,22H,(H,20,26)(H,21,23,24)/b16-14-. The summed E-state index contributed by atoms with van der Waals surface area (Å²) in [5.41, 5.74) is 3.82. The van der Waals surface area contributed by atoms with Crippen molar-refractivity contribution in [3.05, 3.63) is 77.7 Å². The van der Waals surface area contributed by atoms with Crippen molar-refractivity contribution >= 4 is 34.8 Å². The van der Waals surface area contributed by atoms with Crippen molar-refractivity contribution in [3.8, 4) is 6.07 Å². The minimum atomic E-state index is -0.379. The molecule has 0 unspecified atom stereocenters. The zero-order valence-electron chi connectivity index (χ0n) is 13.4. The number of hydrogen-bond donors (Lipinski definition) is 3. The summed E-state index contributed by atoms with van der Waals surface area (Å²) in [5, 5.41) is 18.7. The van der Waals surface area contributed by atoms with Gasteiger partial charge in [-0.25, -0.2) is 5.43 Å². The van der Waals surface area contributed by atoms with Crippen LogP contribution in [-0.4, -0.2) is 16.9 Å². The molecule has 128 valence electrons. The lowest BCUT2D eigenvalue weighted by molar-refractivity contribution is 0.0970. The minimum Gasteiger partial charge on any atom is -0.404 e. The van der Waals surface area contributed by atoms with Gasteiger partial charge < -0.3 is 10.1 Å². The summed E-state index contributed by atoms with van der Waals surface area (Å²) >= 11 is 5.25. The number of para-hydroxylation sites is 1. The first-order chi connectivity index (χ1) is 12.7. The topological polar surface area (TPSA) is 98.5 Å². The van der Waals surface area contributed by atoms with Gasteiger partial charge in [-0.3, -0.25) is 10.1 Å². The van der Waals surface area contributed by atoms with Crippen molar-refractivity contribution in [2.45, 2.75) is 0 Å². The molecular weight excluding hydrogens is 350 g/mol. The van der Waals surface area contributed by atoms with Crippen molar-refractivity contribution in [3.63, 3.8) is 0 Å². The number of hydrazone groups is 1. The monoisotopic (exact) mass is 363 g/mol. The number of benzene rings is 2. The largest absolute Gasteiger partial charge is 0.404 e. The van der Waals surface area contributed by atoms with Crippen LogP contribution in [0.2, 0.25) is 0 Å². The van der Waals surface area contributed by atoms with E-state index in [4.69, 9.17) is 17.0 Å². The van der Waals surface area contributed by atoms with Gasteiger partial charge in [0.2, 0.25) is 5.88 Å². The maximum absolute atomic E-state index is 12.1. The molecule has 8 heteroatoms. The Morgan fingerprint density at radius 2 is 1.73 bits per heavy atom. The van der Waals surface area contributed by atoms with Gasteiger partial charge in [-0.05, 0) is 24.3 Å². The Kier molecular flexibility index (Phi) is 5.22. The summed E-state index contributed by atoms with van der Waals surface area (Å²) in [4.78, 5) is 12.3. The second-order valence-corrected chi connectivity index (χ2v) is 5.50. The van der Waals surface area contributed by atoms with Crippen LogP contribution in [0.3, 0.4) is 0 Å². The van der Waals surface area contributed by atoms with Crippen LogP contribution in [0.25, 0.3) is 0 Å². The number of rotatable bonds is 3. The predicted molar refractivity (Wildman–Crippen MR) is 101 cm³/mol. The van der Waals surface area contributed by atoms with Crippen LogP contribution in [0.4, 0.5) is 5.69 Å². The Morgan fingerprint density at radius 1 is 1.08 bits per heavy atom. The second-order valence-electron chi connectivity index (χ2n) is 5.09. The van der Waals surface area contributed by atoms with Gasteiger partial charge in [-0.2, -0.15) is 5.26 Å². The predicted octanol–water partition coefficient (Wildman–Crippen LogP) is 2.48. The van der Waals surface area contributed by atoms with Gasteiger partial charge in [-0.15, -0.1) is 5.10 Å². The van der Waals surface area contributed by atoms with Crippen LogP contribution in [0.1, 0.15) is 10.4 Å². The van der Waals surface area contributed by atoms with E-state index in [1.165, 1.54) is 0 Å². The molecule has 2 aromatic rings. The quantitative estimate of drug-likeness (QED) is 0.440. The SMILES string of the molecule is N#C/C(C(=S)Nc1ccccc1)=C1\NN=C(NC(=O)c2ccccc2)O1. The zero-order chi connectivity index (χ0) is 18.4. The van der Waals surface area contributed by atoms with Gasteiger partial charge in [0.25, 0.3) is 5.91 Å². The molecule has 3 rings (SSSR count). The maximum Gasteiger partial charge on any atom is 0.320 e. The smallest absolute Gasteiger partial charge is 0.320 e. The summed E-state index contributed by atoms with van der Waals surface area (Å²) in [6, 6.07) is 19.7. The molecule has 0 fully saturated rings. The van der Waals surface area contributed by atoms with E-state index in [0.717, 1.165) is 5.69 Å². The molecule has 1 aliphatic rings. The number of thiocarbonyl (C=S) groups is 1. The second kappa shape index (κ2) is 7.92. The first-order valence-electron chi connectivity index (χ1n) is 7.56. The number of nitrogens with one attached hydrogen (secondary N) is 3. The van der Waals surface area contributed by atoms with Gasteiger partial charge in [0, 0.05) is 11.3 Å². The molecule has 0 atom stereocenters. The van der Waals surface area contributed by atoms with E-state index >= 15 is 0 Å². The fourth-order valence-electron chi connectivity index (χ4n) is 2.08. The van der Waals surface area contributed by atoms with Gasteiger partial charge in [0.15, 0.2) is 0 Å². The molecule has 1 heterocycles. The van der Waals surface area contributed by atoms with Crippen LogP contribution in [0, 0.1) is 11.3 Å². The molecular formula is C18H13N5O2S. The highest BCUT2D eigenvalue weighted by Gasteiger charge is 2.22. The third-order valence-corrected chi connectivity index (χ3v) is 3.62. The normalized spacial score (nSPS) is 14.2. The zero-order valence-corrected chi connectivity index (χ0v) is 14.2. The highest BCUT2D eigenvalue weighted by atomic mass is 32.1. The number of amidine groups is 1. The number of amides is 1. The molecule has 0 aliphatic carbocycles. The number of carbonyl (C=O) groups is 1. The summed E-state index contributed by atoms with van der Waals surface area (Å²) < 4.78 is 5.40. The highest BCUT2D eigenvalue weighted by Crippen LogP contribution is 2.14. The summed E-state index contributed by atoms with van der Waals surface area (Å²) in [7, 11) is 0. The Labute approximate surface area is 155 Å². The van der Waals surface area contributed by atoms with Crippen molar-refractivity contribution in [2.24, 2.45) is 5.10 Å². The Hall–Kier alpha value is -3.70. The Bertz CT molecular complexity index is 933. The number of ether oxygens (including phenoxy) is 1. The van der Waals surface area contributed by atoms with E-state index in [1.54, 1.807) is 24.3 Å². The van der Waals surface area contributed by atoms with Crippen LogP contribution in [0.15, 0.2) is 77.2 Å². The lowest BCUT2D eigenvalue weighted by atomic mass is 10.2. The van der Waals surface area contributed by atoms with Crippen molar-refractivity contribution in [2.75, 3.05) is 5.32 Å². The lowest BCUT2D eigenvalue weighted by Crippen LogP contribution is -2.30. The van der Waals surface area contributed by atoms with Crippen LogP contribution in [-0.2, 0) is 4.74 Å². The number of nitrogens with zero attached hydrogens (tertiary/aromatic N) is 2. The van der Waals surface area contributed by atoms with E-state index < -0.39 is 0 Å². The molecule has 0 bridgehead atoms. The highest BCUT2D eigenvalue weighted by molar-refractivity contribution is 7.81. The van der Waals surface area contributed by atoms with E-state index in [2.05, 4.69) is 21.2 Å². The van der Waals surface area contributed by atoms with Crippen molar-refractivity contribution in [1.29, 1.82) is 5.26 Å². The number of anilines is 1. The van der Waals surface area contributed by atoms with Crippen molar-refractivity contribution in [1.82, 2.24) is 10.7 Å². The minimum absolute atomic E-state index is 0.0456. The van der Waals surface area contributed by atoms with Gasteiger partial charge >= 0.3 is 6.02 Å². The molecule has 2 aromatic carbocycles. The maximum atomic E-state index is 12.1. The number of hydrogen-bond acceptors (Lipinski definition) is 6. The molecule has 0 spiro atoms. The molecule has 3 N–H and O–H groups in total.